The number of ketones is 1. The Labute approximate surface area is 138 Å². The first kappa shape index (κ1) is 15.4. The predicted molar refractivity (Wildman–Crippen MR) is 84.5 cm³/mol. The molecule has 0 amide bonds. The van der Waals surface area contributed by atoms with E-state index in [-0.39, 0.29) is 17.2 Å². The Morgan fingerprint density at radius 1 is 1.43 bits per heavy atom. The molecule has 0 fully saturated rings. The number of allylic oxidation sites excluding steroid dienone is 3. The molecule has 1 heterocycles. The molecule has 0 bridgehead atoms. The van der Waals surface area contributed by atoms with Gasteiger partial charge in [-0.25, -0.2) is 0 Å². The SMILES string of the molecule is COc1ccc([C@H]2C(C#N)=C(N)OC3=C2C(=O)CCC3)cc1Cl. The molecule has 23 heavy (non-hydrogen) atoms. The summed E-state index contributed by atoms with van der Waals surface area (Å²) in [6.07, 6.45) is 1.81. The minimum atomic E-state index is -0.542. The number of halogens is 1. The van der Waals surface area contributed by atoms with Crippen LogP contribution in [0.15, 0.2) is 41.0 Å². The maximum Gasteiger partial charge on any atom is 0.205 e. The Bertz CT molecular complexity index is 790. The summed E-state index contributed by atoms with van der Waals surface area (Å²) >= 11 is 6.20. The molecule has 5 nitrogen and oxygen atoms in total. The van der Waals surface area contributed by atoms with Crippen molar-refractivity contribution in [2.75, 3.05) is 7.11 Å². The number of carbonyl (C=O) groups is 1. The van der Waals surface area contributed by atoms with Gasteiger partial charge in [0.2, 0.25) is 5.88 Å². The van der Waals surface area contributed by atoms with E-state index in [9.17, 15) is 10.1 Å². The van der Waals surface area contributed by atoms with Crippen molar-refractivity contribution in [3.8, 4) is 11.8 Å². The highest BCUT2D eigenvalue weighted by atomic mass is 35.5. The van der Waals surface area contributed by atoms with Crippen molar-refractivity contribution in [2.45, 2.75) is 25.2 Å². The first-order valence-corrected chi connectivity index (χ1v) is 7.62. The number of hydrogen-bond donors (Lipinski definition) is 1. The summed E-state index contributed by atoms with van der Waals surface area (Å²) < 4.78 is 10.7. The largest absolute Gasteiger partial charge is 0.495 e. The Morgan fingerprint density at radius 2 is 2.22 bits per heavy atom. The molecule has 0 spiro atoms. The summed E-state index contributed by atoms with van der Waals surface area (Å²) in [6, 6.07) is 7.28. The van der Waals surface area contributed by atoms with Crippen molar-refractivity contribution in [3.63, 3.8) is 0 Å². The van der Waals surface area contributed by atoms with Gasteiger partial charge in [0.05, 0.1) is 18.1 Å². The van der Waals surface area contributed by atoms with Crippen LogP contribution in [0.25, 0.3) is 0 Å². The number of nitrogens with zero attached hydrogens (tertiary/aromatic N) is 1. The van der Waals surface area contributed by atoms with E-state index < -0.39 is 5.92 Å². The van der Waals surface area contributed by atoms with Gasteiger partial charge in [0.15, 0.2) is 5.78 Å². The third-order valence-corrected chi connectivity index (χ3v) is 4.41. The fraction of sp³-hybridized carbons (Fsp3) is 0.294. The monoisotopic (exact) mass is 330 g/mol. The van der Waals surface area contributed by atoms with Crippen molar-refractivity contribution in [2.24, 2.45) is 5.73 Å². The van der Waals surface area contributed by atoms with Gasteiger partial charge in [-0.15, -0.1) is 0 Å². The van der Waals surface area contributed by atoms with Crippen LogP contribution in [0.1, 0.15) is 30.7 Å². The first-order chi connectivity index (χ1) is 11.1. The lowest BCUT2D eigenvalue weighted by molar-refractivity contribution is -0.116. The smallest absolute Gasteiger partial charge is 0.205 e. The van der Waals surface area contributed by atoms with Crippen LogP contribution in [0.2, 0.25) is 5.02 Å². The molecule has 1 aromatic carbocycles. The van der Waals surface area contributed by atoms with E-state index in [1.165, 1.54) is 7.11 Å². The summed E-state index contributed by atoms with van der Waals surface area (Å²) in [5.41, 5.74) is 7.37. The number of ether oxygens (including phenoxy) is 2. The molecule has 1 aliphatic heterocycles. The second-order valence-corrected chi connectivity index (χ2v) is 5.84. The molecule has 0 unspecified atom stereocenters. The molecule has 2 N–H and O–H groups in total. The zero-order chi connectivity index (χ0) is 16.6. The summed E-state index contributed by atoms with van der Waals surface area (Å²) in [6.45, 7) is 0. The van der Waals surface area contributed by atoms with Crippen LogP contribution in [0.4, 0.5) is 0 Å². The highest BCUT2D eigenvalue weighted by Crippen LogP contribution is 2.44. The molecular weight excluding hydrogens is 316 g/mol. The highest BCUT2D eigenvalue weighted by Gasteiger charge is 2.38. The minimum Gasteiger partial charge on any atom is -0.495 e. The van der Waals surface area contributed by atoms with Gasteiger partial charge in [0.1, 0.15) is 23.2 Å². The predicted octanol–water partition coefficient (Wildman–Crippen LogP) is 3.16. The molecule has 118 valence electrons. The van der Waals surface area contributed by atoms with Gasteiger partial charge < -0.3 is 15.2 Å². The number of benzene rings is 1. The van der Waals surface area contributed by atoms with Crippen molar-refractivity contribution >= 4 is 17.4 Å². The van der Waals surface area contributed by atoms with Crippen molar-refractivity contribution in [3.05, 3.63) is 51.6 Å². The van der Waals surface area contributed by atoms with Gasteiger partial charge in [-0.1, -0.05) is 17.7 Å². The highest BCUT2D eigenvalue weighted by molar-refractivity contribution is 6.32. The van der Waals surface area contributed by atoms with E-state index in [4.69, 9.17) is 26.8 Å². The standard InChI is InChI=1S/C17H15ClN2O3/c1-22-13-6-5-9(7-11(13)18)15-10(8-19)17(20)23-14-4-2-3-12(21)16(14)15/h5-7,15H,2-4,20H2,1H3/t15-/m0/s1. The molecule has 1 aliphatic carbocycles. The van der Waals surface area contributed by atoms with E-state index in [0.717, 1.165) is 12.0 Å². The lowest BCUT2D eigenvalue weighted by atomic mass is 9.77. The molecule has 6 heteroatoms. The maximum atomic E-state index is 12.4. The first-order valence-electron chi connectivity index (χ1n) is 7.24. The number of rotatable bonds is 2. The van der Waals surface area contributed by atoms with Crippen LogP contribution in [0, 0.1) is 11.3 Å². The fourth-order valence-electron chi connectivity index (χ4n) is 3.05. The number of carbonyl (C=O) groups excluding carboxylic acids is 1. The van der Waals surface area contributed by atoms with E-state index in [2.05, 4.69) is 6.07 Å². The van der Waals surface area contributed by atoms with E-state index in [0.29, 0.717) is 34.9 Å². The molecule has 1 atom stereocenters. The Kier molecular flexibility index (Phi) is 4.01. The molecule has 1 aromatic rings. The van der Waals surface area contributed by atoms with Crippen LogP contribution in [-0.2, 0) is 9.53 Å². The number of hydrogen-bond acceptors (Lipinski definition) is 5. The van der Waals surface area contributed by atoms with Gasteiger partial charge in [-0.3, -0.25) is 4.79 Å². The summed E-state index contributed by atoms with van der Waals surface area (Å²) in [7, 11) is 1.53. The number of nitrogens with two attached hydrogens (primary N) is 1. The molecule has 0 radical (unpaired) electrons. The molecule has 0 saturated heterocycles. The second kappa shape index (κ2) is 5.98. The van der Waals surface area contributed by atoms with Crippen LogP contribution in [-0.4, -0.2) is 12.9 Å². The molecule has 2 aliphatic rings. The Hall–Kier alpha value is -2.45. The molecule has 0 saturated carbocycles. The lowest BCUT2D eigenvalue weighted by Crippen LogP contribution is -2.27. The Morgan fingerprint density at radius 3 is 2.87 bits per heavy atom. The minimum absolute atomic E-state index is 0.0107. The molecular formula is C17H15ClN2O3. The quantitative estimate of drug-likeness (QED) is 0.900. The van der Waals surface area contributed by atoms with Gasteiger partial charge in [0, 0.05) is 18.4 Å². The summed E-state index contributed by atoms with van der Waals surface area (Å²) in [4.78, 5) is 12.4. The second-order valence-electron chi connectivity index (χ2n) is 5.43. The summed E-state index contributed by atoms with van der Waals surface area (Å²) in [5, 5.41) is 9.89. The number of methoxy groups -OCH3 is 1. The molecule has 3 rings (SSSR count). The van der Waals surface area contributed by atoms with Gasteiger partial charge >= 0.3 is 0 Å². The van der Waals surface area contributed by atoms with Crippen LogP contribution in [0.5, 0.6) is 5.75 Å². The van der Waals surface area contributed by atoms with Crippen molar-refractivity contribution in [1.29, 1.82) is 5.26 Å². The normalized spacial score (nSPS) is 20.7. The zero-order valence-corrected chi connectivity index (χ0v) is 13.3. The van der Waals surface area contributed by atoms with Gasteiger partial charge in [-0.2, -0.15) is 5.26 Å². The molecule has 0 aromatic heterocycles. The van der Waals surface area contributed by atoms with Crippen molar-refractivity contribution < 1.29 is 14.3 Å². The topological polar surface area (TPSA) is 85.3 Å². The van der Waals surface area contributed by atoms with Crippen LogP contribution in [0.3, 0.4) is 0 Å². The number of Topliss-reactive ketones (excluding diaryl/α,β-unsaturated/α-hetero) is 1. The zero-order valence-electron chi connectivity index (χ0n) is 12.6. The van der Waals surface area contributed by atoms with Gasteiger partial charge in [0.25, 0.3) is 0 Å². The summed E-state index contributed by atoms with van der Waals surface area (Å²) in [5.74, 6) is 0.595. The van der Waals surface area contributed by atoms with Crippen molar-refractivity contribution in [1.82, 2.24) is 0 Å². The fourth-order valence-corrected chi connectivity index (χ4v) is 3.32. The maximum absolute atomic E-state index is 12.4. The third-order valence-electron chi connectivity index (χ3n) is 4.11. The van der Waals surface area contributed by atoms with E-state index >= 15 is 0 Å². The van der Waals surface area contributed by atoms with Crippen LogP contribution >= 0.6 is 11.6 Å². The number of nitriles is 1. The van der Waals surface area contributed by atoms with E-state index in [1.54, 1.807) is 18.2 Å². The average molecular weight is 331 g/mol. The van der Waals surface area contributed by atoms with E-state index in [1.807, 2.05) is 0 Å². The van der Waals surface area contributed by atoms with Crippen LogP contribution < -0.4 is 10.5 Å². The third kappa shape index (κ3) is 2.55. The lowest BCUT2D eigenvalue weighted by Gasteiger charge is -2.31. The average Bonchev–Trinajstić information content (AvgIpc) is 2.53. The Balaban J connectivity index is 2.17. The van der Waals surface area contributed by atoms with Gasteiger partial charge in [-0.05, 0) is 24.1 Å².